The largest absolute Gasteiger partial charge is 0.481 e. The van der Waals surface area contributed by atoms with E-state index in [0.29, 0.717) is 24.2 Å². The van der Waals surface area contributed by atoms with Gasteiger partial charge in [0.1, 0.15) is 0 Å². The number of rotatable bonds is 6. The number of aromatic amines is 1. The Hall–Kier alpha value is -2.08. The molecule has 1 unspecified atom stereocenters. The topological polar surface area (TPSA) is 95.3 Å². The van der Waals surface area contributed by atoms with Crippen molar-refractivity contribution in [2.45, 2.75) is 19.9 Å². The smallest absolute Gasteiger partial charge is 0.417 e. The number of nitrogens with one attached hydrogen (secondary N) is 2. The molecule has 0 aliphatic heterocycles. The van der Waals surface area contributed by atoms with Crippen molar-refractivity contribution in [1.29, 1.82) is 0 Å². The summed E-state index contributed by atoms with van der Waals surface area (Å²) in [7, 11) is 0. The highest BCUT2D eigenvalue weighted by Gasteiger charge is 2.07. The molecule has 0 aliphatic rings. The van der Waals surface area contributed by atoms with E-state index in [1.165, 1.54) is 0 Å². The fourth-order valence-electron chi connectivity index (χ4n) is 1.93. The molecule has 0 radical (unpaired) electrons. The van der Waals surface area contributed by atoms with Crippen LogP contribution in [0.4, 0.5) is 0 Å². The molecule has 0 bridgehead atoms. The van der Waals surface area contributed by atoms with Crippen LogP contribution in [0.25, 0.3) is 11.1 Å². The summed E-state index contributed by atoms with van der Waals surface area (Å²) in [6.07, 6.45) is 0.152. The van der Waals surface area contributed by atoms with E-state index in [0.717, 1.165) is 5.56 Å². The monoisotopic (exact) mass is 264 g/mol. The lowest BCUT2D eigenvalue weighted by atomic mass is 10.1. The number of carboxylic acid groups (broad SMARTS) is 1. The van der Waals surface area contributed by atoms with Gasteiger partial charge in [-0.1, -0.05) is 13.0 Å². The SMILES string of the molecule is CC(CNCc1ccc2[nH]c(=O)oc2c1)CC(=O)O. The number of H-pyrrole nitrogens is 1. The summed E-state index contributed by atoms with van der Waals surface area (Å²) in [4.78, 5) is 24.1. The molecule has 1 atom stereocenters. The zero-order valence-corrected chi connectivity index (χ0v) is 10.6. The molecule has 0 spiro atoms. The van der Waals surface area contributed by atoms with Crippen molar-refractivity contribution in [3.05, 3.63) is 34.3 Å². The summed E-state index contributed by atoms with van der Waals surface area (Å²) >= 11 is 0. The van der Waals surface area contributed by atoms with E-state index in [9.17, 15) is 9.59 Å². The van der Waals surface area contributed by atoms with Gasteiger partial charge < -0.3 is 14.8 Å². The molecule has 0 saturated carbocycles. The third kappa shape index (κ3) is 3.69. The number of benzene rings is 1. The van der Waals surface area contributed by atoms with Crippen LogP contribution in [-0.2, 0) is 11.3 Å². The van der Waals surface area contributed by atoms with Gasteiger partial charge in [-0.05, 0) is 30.2 Å². The van der Waals surface area contributed by atoms with Crippen LogP contribution < -0.4 is 11.1 Å². The molecule has 3 N–H and O–H groups in total. The summed E-state index contributed by atoms with van der Waals surface area (Å²) in [6.45, 7) is 3.12. The van der Waals surface area contributed by atoms with Gasteiger partial charge in [0.05, 0.1) is 5.52 Å². The highest BCUT2D eigenvalue weighted by atomic mass is 16.4. The highest BCUT2D eigenvalue weighted by Crippen LogP contribution is 2.12. The zero-order valence-electron chi connectivity index (χ0n) is 10.6. The second kappa shape index (κ2) is 5.71. The molecule has 19 heavy (non-hydrogen) atoms. The van der Waals surface area contributed by atoms with Gasteiger partial charge >= 0.3 is 11.7 Å². The Morgan fingerprint density at radius 1 is 1.53 bits per heavy atom. The maximum atomic E-state index is 11.0. The number of hydrogen-bond donors (Lipinski definition) is 3. The van der Waals surface area contributed by atoms with Gasteiger partial charge in [-0.3, -0.25) is 9.78 Å². The lowest BCUT2D eigenvalue weighted by molar-refractivity contribution is -0.137. The molecular formula is C13H16N2O4. The summed E-state index contributed by atoms with van der Waals surface area (Å²) < 4.78 is 4.97. The van der Waals surface area contributed by atoms with E-state index in [-0.39, 0.29) is 12.3 Å². The quantitative estimate of drug-likeness (QED) is 0.731. The summed E-state index contributed by atoms with van der Waals surface area (Å²) in [6, 6.07) is 5.47. The molecule has 0 aliphatic carbocycles. The molecule has 102 valence electrons. The highest BCUT2D eigenvalue weighted by molar-refractivity contribution is 5.72. The van der Waals surface area contributed by atoms with E-state index in [2.05, 4.69) is 10.3 Å². The van der Waals surface area contributed by atoms with E-state index in [1.54, 1.807) is 12.1 Å². The average molecular weight is 264 g/mol. The van der Waals surface area contributed by atoms with Crippen LogP contribution in [0.1, 0.15) is 18.9 Å². The van der Waals surface area contributed by atoms with Crippen molar-refractivity contribution >= 4 is 17.1 Å². The Bertz CT molecular complexity index is 629. The van der Waals surface area contributed by atoms with Gasteiger partial charge in [-0.25, -0.2) is 4.79 Å². The van der Waals surface area contributed by atoms with E-state index in [1.807, 2.05) is 13.0 Å². The molecule has 0 fully saturated rings. The van der Waals surface area contributed by atoms with Crippen LogP contribution in [0.2, 0.25) is 0 Å². The summed E-state index contributed by atoms with van der Waals surface area (Å²) in [5.74, 6) is -1.17. The molecule has 1 aromatic carbocycles. The standard InChI is InChI=1S/C13H16N2O4/c1-8(4-12(16)17)6-14-7-9-2-3-10-11(5-9)19-13(18)15-10/h2-3,5,8,14H,4,6-7H2,1H3,(H,15,18)(H,16,17). The first-order valence-electron chi connectivity index (χ1n) is 6.09. The average Bonchev–Trinajstić information content (AvgIpc) is 2.67. The number of aromatic nitrogens is 1. The number of aliphatic carboxylic acids is 1. The Kier molecular flexibility index (Phi) is 4.01. The van der Waals surface area contributed by atoms with Gasteiger partial charge in [-0.15, -0.1) is 0 Å². The van der Waals surface area contributed by atoms with Crippen molar-refractivity contribution in [1.82, 2.24) is 10.3 Å². The molecule has 0 amide bonds. The minimum Gasteiger partial charge on any atom is -0.481 e. The first-order valence-corrected chi connectivity index (χ1v) is 6.09. The van der Waals surface area contributed by atoms with Gasteiger partial charge in [0, 0.05) is 13.0 Å². The van der Waals surface area contributed by atoms with Gasteiger partial charge in [0.15, 0.2) is 5.58 Å². The van der Waals surface area contributed by atoms with Crippen molar-refractivity contribution < 1.29 is 14.3 Å². The summed E-state index contributed by atoms with van der Waals surface area (Å²) in [5, 5.41) is 11.8. The molecule has 6 nitrogen and oxygen atoms in total. The Morgan fingerprint density at radius 3 is 3.05 bits per heavy atom. The fourth-order valence-corrected chi connectivity index (χ4v) is 1.93. The lowest BCUT2D eigenvalue weighted by Crippen LogP contribution is -2.22. The predicted octanol–water partition coefficient (Wildman–Crippen LogP) is 1.32. The normalized spacial score (nSPS) is 12.7. The second-order valence-corrected chi connectivity index (χ2v) is 4.68. The van der Waals surface area contributed by atoms with Crippen molar-refractivity contribution in [2.24, 2.45) is 5.92 Å². The molecule has 2 aromatic rings. The number of carbonyl (C=O) groups is 1. The predicted molar refractivity (Wildman–Crippen MR) is 70.0 cm³/mol. The first kappa shape index (κ1) is 13.4. The molecule has 6 heteroatoms. The molecule has 0 saturated heterocycles. The minimum atomic E-state index is -0.787. The Balaban J connectivity index is 1.91. The van der Waals surface area contributed by atoms with Crippen molar-refractivity contribution in [3.8, 4) is 0 Å². The third-order valence-corrected chi connectivity index (χ3v) is 2.83. The van der Waals surface area contributed by atoms with E-state index in [4.69, 9.17) is 9.52 Å². The first-order chi connectivity index (χ1) is 9.04. The minimum absolute atomic E-state index is 0.0754. The summed E-state index contributed by atoms with van der Waals surface area (Å²) in [5.41, 5.74) is 2.19. The van der Waals surface area contributed by atoms with Crippen LogP contribution >= 0.6 is 0 Å². The van der Waals surface area contributed by atoms with Crippen LogP contribution in [0.5, 0.6) is 0 Å². The number of carboxylic acids is 1. The fraction of sp³-hybridized carbons (Fsp3) is 0.385. The van der Waals surface area contributed by atoms with Crippen molar-refractivity contribution in [3.63, 3.8) is 0 Å². The molecule has 1 aromatic heterocycles. The molecule has 1 heterocycles. The Morgan fingerprint density at radius 2 is 2.32 bits per heavy atom. The third-order valence-electron chi connectivity index (χ3n) is 2.83. The van der Waals surface area contributed by atoms with Gasteiger partial charge in [-0.2, -0.15) is 0 Å². The van der Waals surface area contributed by atoms with Crippen LogP contribution in [0.3, 0.4) is 0 Å². The second-order valence-electron chi connectivity index (χ2n) is 4.68. The maximum absolute atomic E-state index is 11.0. The number of hydrogen-bond acceptors (Lipinski definition) is 4. The zero-order chi connectivity index (χ0) is 13.8. The lowest BCUT2D eigenvalue weighted by Gasteiger charge is -2.10. The van der Waals surface area contributed by atoms with Gasteiger partial charge in [0.25, 0.3) is 0 Å². The van der Waals surface area contributed by atoms with E-state index >= 15 is 0 Å². The van der Waals surface area contributed by atoms with Crippen molar-refractivity contribution in [2.75, 3.05) is 6.54 Å². The van der Waals surface area contributed by atoms with Crippen LogP contribution in [0, 0.1) is 5.92 Å². The molecule has 2 rings (SSSR count). The van der Waals surface area contributed by atoms with E-state index < -0.39 is 11.7 Å². The number of oxazole rings is 1. The van der Waals surface area contributed by atoms with Gasteiger partial charge in [0.2, 0.25) is 0 Å². The molecular weight excluding hydrogens is 248 g/mol. The van der Waals surface area contributed by atoms with Crippen LogP contribution in [0.15, 0.2) is 27.4 Å². The Labute approximate surface area is 109 Å². The van der Waals surface area contributed by atoms with Crippen LogP contribution in [-0.4, -0.2) is 22.6 Å². The number of fused-ring (bicyclic) bond motifs is 1. The maximum Gasteiger partial charge on any atom is 0.417 e.